The van der Waals surface area contributed by atoms with Crippen molar-refractivity contribution in [2.45, 2.75) is 0 Å². The molecular formula is C2H3BF3LiO5S. The van der Waals surface area contributed by atoms with Crippen LogP contribution in [0.15, 0.2) is 11.7 Å². The summed E-state index contributed by atoms with van der Waals surface area (Å²) in [6.07, 6.45) is 0. The Morgan fingerprint density at radius 2 is 1.69 bits per heavy atom. The number of hydrogen-bond acceptors (Lipinski definition) is 5. The summed E-state index contributed by atoms with van der Waals surface area (Å²) >= 11 is 0. The first-order valence-corrected chi connectivity index (χ1v) is 3.67. The summed E-state index contributed by atoms with van der Waals surface area (Å²) < 4.78 is 57.8. The maximum atomic E-state index is 11.8. The minimum atomic E-state index is -4.91. The standard InChI is InChI=1S/C2H2BF3O5S.Li.H/c1-2(4)12(7,8)11-3(9-5)10-6;;/h1H2;;. The molecule has 0 saturated heterocycles. The SMILES string of the molecule is C=C(F)S(=O)(=O)OB(OF)OF.[LiH]. The van der Waals surface area contributed by atoms with E-state index in [1.54, 1.807) is 0 Å². The van der Waals surface area contributed by atoms with Gasteiger partial charge in [0.2, 0.25) is 5.16 Å². The molecule has 0 bridgehead atoms. The molecule has 0 fully saturated rings. The Labute approximate surface area is 84.1 Å². The third kappa shape index (κ3) is 5.35. The first kappa shape index (κ1) is 15.5. The maximum absolute atomic E-state index is 11.8. The van der Waals surface area contributed by atoms with Gasteiger partial charge in [0.05, 0.1) is 0 Å². The van der Waals surface area contributed by atoms with Crippen molar-refractivity contribution in [2.75, 3.05) is 0 Å². The Hall–Kier alpha value is 0.0223. The Balaban J connectivity index is 0. The van der Waals surface area contributed by atoms with E-state index >= 15 is 0 Å². The third-order valence-electron chi connectivity index (χ3n) is 0.622. The molecule has 0 rings (SSSR count). The Morgan fingerprint density at radius 1 is 1.31 bits per heavy atom. The van der Waals surface area contributed by atoms with Crippen molar-refractivity contribution >= 4 is 36.3 Å². The molecule has 0 aromatic rings. The van der Waals surface area contributed by atoms with E-state index in [0.717, 1.165) is 0 Å². The van der Waals surface area contributed by atoms with Crippen molar-refractivity contribution in [1.82, 2.24) is 0 Å². The second-order valence-electron chi connectivity index (χ2n) is 1.37. The van der Waals surface area contributed by atoms with Gasteiger partial charge in [-0.05, 0) is 6.58 Å². The summed E-state index contributed by atoms with van der Waals surface area (Å²) in [5.41, 5.74) is 0. The molecule has 11 heteroatoms. The zero-order valence-electron chi connectivity index (χ0n) is 5.37. The van der Waals surface area contributed by atoms with E-state index < -0.39 is 22.6 Å². The van der Waals surface area contributed by atoms with Crippen LogP contribution in [0.3, 0.4) is 0 Å². The number of hydrogen-bond donors (Lipinski definition) is 0. The van der Waals surface area contributed by atoms with Crippen LogP contribution < -0.4 is 0 Å². The molecule has 0 radical (unpaired) electrons. The van der Waals surface area contributed by atoms with Crippen LogP contribution in [-0.4, -0.2) is 34.6 Å². The van der Waals surface area contributed by atoms with Crippen molar-refractivity contribution in [1.29, 1.82) is 0 Å². The van der Waals surface area contributed by atoms with Gasteiger partial charge in [-0.15, -0.1) is 0 Å². The second kappa shape index (κ2) is 6.47. The summed E-state index contributed by atoms with van der Waals surface area (Å²) in [6.45, 7) is 2.31. The normalized spacial score (nSPS) is 10.4. The summed E-state index contributed by atoms with van der Waals surface area (Å²) in [5.74, 6) is 0. The van der Waals surface area contributed by atoms with Gasteiger partial charge in [-0.25, -0.2) is 0 Å². The fourth-order valence-corrected chi connectivity index (χ4v) is 0.570. The van der Waals surface area contributed by atoms with Crippen LogP contribution in [0.5, 0.6) is 0 Å². The molecule has 0 N–H and O–H groups in total. The third-order valence-corrected chi connectivity index (χ3v) is 1.58. The molecule has 13 heavy (non-hydrogen) atoms. The average molecular weight is 214 g/mol. The van der Waals surface area contributed by atoms with E-state index in [-0.39, 0.29) is 18.9 Å². The molecular weight excluding hydrogens is 211 g/mol. The summed E-state index contributed by atoms with van der Waals surface area (Å²) in [6, 6.07) is 0. The molecule has 72 valence electrons. The predicted molar refractivity (Wildman–Crippen MR) is 37.5 cm³/mol. The molecule has 0 aromatic carbocycles. The van der Waals surface area contributed by atoms with Crippen LogP contribution in [0.4, 0.5) is 13.4 Å². The van der Waals surface area contributed by atoms with Gasteiger partial charge in [0.15, 0.2) is 0 Å². The van der Waals surface area contributed by atoms with Crippen LogP contribution in [0.2, 0.25) is 0 Å². The van der Waals surface area contributed by atoms with Crippen molar-refractivity contribution < 1.29 is 35.7 Å². The second-order valence-corrected chi connectivity index (χ2v) is 2.92. The zero-order chi connectivity index (χ0) is 9.78. The van der Waals surface area contributed by atoms with Gasteiger partial charge >= 0.3 is 36.3 Å². The Kier molecular flexibility index (Phi) is 7.71. The molecule has 0 spiro atoms. The van der Waals surface area contributed by atoms with Gasteiger partial charge in [0, 0.05) is 0 Å². The van der Waals surface area contributed by atoms with E-state index in [0.29, 0.717) is 0 Å². The van der Waals surface area contributed by atoms with Crippen molar-refractivity contribution in [3.63, 3.8) is 0 Å². The molecule has 0 aromatic heterocycles. The topological polar surface area (TPSA) is 61.8 Å². The zero-order valence-corrected chi connectivity index (χ0v) is 6.18. The van der Waals surface area contributed by atoms with Crippen LogP contribution in [0.25, 0.3) is 0 Å². The van der Waals surface area contributed by atoms with E-state index in [1.807, 2.05) is 0 Å². The van der Waals surface area contributed by atoms with Crippen LogP contribution in [0, 0.1) is 0 Å². The molecule has 0 heterocycles. The van der Waals surface area contributed by atoms with Crippen LogP contribution >= 0.6 is 0 Å². The molecule has 0 aliphatic rings. The van der Waals surface area contributed by atoms with Crippen molar-refractivity contribution in [2.24, 2.45) is 0 Å². The molecule has 0 amide bonds. The van der Waals surface area contributed by atoms with Gasteiger partial charge in [-0.3, -0.25) is 4.10 Å². The van der Waals surface area contributed by atoms with Crippen molar-refractivity contribution in [3.8, 4) is 0 Å². The van der Waals surface area contributed by atoms with E-state index in [9.17, 15) is 21.9 Å². The first-order valence-electron chi connectivity index (χ1n) is 2.26. The molecule has 0 atom stereocenters. The molecule has 5 nitrogen and oxygen atoms in total. The quantitative estimate of drug-likeness (QED) is 0.598. The molecule has 0 aliphatic carbocycles. The summed E-state index contributed by atoms with van der Waals surface area (Å²) in [4.78, 5) is 4.96. The molecule has 0 saturated carbocycles. The van der Waals surface area contributed by atoms with Gasteiger partial charge in [-0.2, -0.15) is 22.5 Å². The first-order chi connectivity index (χ1) is 5.44. The Bertz CT molecular complexity index is 253. The van der Waals surface area contributed by atoms with Crippen LogP contribution in [-0.2, 0) is 23.9 Å². The Morgan fingerprint density at radius 3 is 1.92 bits per heavy atom. The average Bonchev–Trinajstić information content (AvgIpc) is 2.00. The fraction of sp³-hybridized carbons (Fsp3) is 0. The predicted octanol–water partition coefficient (Wildman–Crippen LogP) is -0.0879. The summed E-state index contributed by atoms with van der Waals surface area (Å²) in [7, 11) is -7.70. The van der Waals surface area contributed by atoms with Gasteiger partial charge in [0.25, 0.3) is 0 Å². The van der Waals surface area contributed by atoms with E-state index in [1.165, 1.54) is 0 Å². The summed E-state index contributed by atoms with van der Waals surface area (Å²) in [5, 5.41) is -1.93. The van der Waals surface area contributed by atoms with Gasteiger partial charge < -0.3 is 0 Å². The number of halogens is 3. The number of rotatable bonds is 5. The van der Waals surface area contributed by atoms with Crippen LogP contribution in [0.1, 0.15) is 0 Å². The minimum absolute atomic E-state index is 0. The molecule has 0 aliphatic heterocycles. The monoisotopic (exact) mass is 214 g/mol. The fourth-order valence-electron chi connectivity index (χ4n) is 0.199. The van der Waals surface area contributed by atoms with E-state index in [4.69, 9.17) is 0 Å². The van der Waals surface area contributed by atoms with Crippen molar-refractivity contribution in [3.05, 3.63) is 11.7 Å². The van der Waals surface area contributed by atoms with Gasteiger partial charge in [-0.1, -0.05) is 9.05 Å². The van der Waals surface area contributed by atoms with Gasteiger partial charge in [0.1, 0.15) is 0 Å². The van der Waals surface area contributed by atoms with E-state index in [2.05, 4.69) is 20.4 Å². The molecule has 0 unspecified atom stereocenters.